The molecule has 1 aliphatic heterocycles. The average Bonchev–Trinajstić information content (AvgIpc) is 3.62. The van der Waals surface area contributed by atoms with E-state index in [-0.39, 0.29) is 47.5 Å². The quantitative estimate of drug-likeness (QED) is 0.373. The van der Waals surface area contributed by atoms with Crippen molar-refractivity contribution in [1.29, 1.82) is 0 Å². The minimum atomic E-state index is -0.852. The lowest BCUT2D eigenvalue weighted by molar-refractivity contribution is -0.192. The van der Waals surface area contributed by atoms with Crippen LogP contribution < -0.4 is 15.9 Å². The van der Waals surface area contributed by atoms with Crippen molar-refractivity contribution >= 4 is 17.7 Å². The molecule has 2 bridgehead atoms. The highest BCUT2D eigenvalue weighted by Crippen LogP contribution is 2.68. The van der Waals surface area contributed by atoms with Crippen LogP contribution >= 0.6 is 0 Å². The number of aliphatic hydroxyl groups is 1. The van der Waals surface area contributed by atoms with E-state index in [1.807, 2.05) is 13.8 Å². The predicted octanol–water partition coefficient (Wildman–Crippen LogP) is 2.23. The third kappa shape index (κ3) is 4.78. The number of ether oxygens (including phenoxy) is 2. The summed E-state index contributed by atoms with van der Waals surface area (Å²) in [7, 11) is 3.01. The van der Waals surface area contributed by atoms with E-state index in [4.69, 9.17) is 9.47 Å². The Morgan fingerprint density at radius 1 is 1.26 bits per heavy atom. The summed E-state index contributed by atoms with van der Waals surface area (Å²) in [6, 6.07) is 0.731. The summed E-state index contributed by atoms with van der Waals surface area (Å²) in [5.74, 6) is -1.56. The first-order valence-corrected chi connectivity index (χ1v) is 15.4. The number of hydrogen-bond acceptors (Lipinski definition) is 9. The fraction of sp³-hybridized carbons (Fsp3) is 0.719. The molecule has 3 aliphatic carbocycles. The first-order valence-electron chi connectivity index (χ1n) is 15.4. The molecule has 10 atom stereocenters. The van der Waals surface area contributed by atoms with Gasteiger partial charge in [-0.15, -0.1) is 11.4 Å². The van der Waals surface area contributed by atoms with E-state index in [1.54, 1.807) is 13.2 Å². The molecule has 236 valence electrons. The van der Waals surface area contributed by atoms with Crippen LogP contribution in [0, 0.1) is 34.0 Å². The number of likely N-dealkylation sites (N-methyl/N-ethyl adjacent to an activating group) is 1. The van der Waals surface area contributed by atoms with Gasteiger partial charge in [-0.1, -0.05) is 33.8 Å². The molecule has 4 aliphatic rings. The van der Waals surface area contributed by atoms with E-state index in [2.05, 4.69) is 30.8 Å². The number of carbonyl (C=O) groups is 3. The minimum absolute atomic E-state index is 0.0506. The van der Waals surface area contributed by atoms with E-state index in [1.165, 1.54) is 19.3 Å². The number of rotatable bonds is 6. The lowest BCUT2D eigenvalue weighted by atomic mass is 9.44. The van der Waals surface area contributed by atoms with Gasteiger partial charge in [0.2, 0.25) is 0 Å². The molecule has 1 saturated heterocycles. The molecule has 11 nitrogen and oxygen atoms in total. The van der Waals surface area contributed by atoms with Crippen LogP contribution in [0.3, 0.4) is 0 Å². The summed E-state index contributed by atoms with van der Waals surface area (Å²) in [6.45, 7) is 12.7. The van der Waals surface area contributed by atoms with Crippen LogP contribution in [0.1, 0.15) is 76.6 Å². The van der Waals surface area contributed by atoms with Gasteiger partial charge in [-0.25, -0.2) is 9.80 Å². The fourth-order valence-corrected chi connectivity index (χ4v) is 8.86. The summed E-state index contributed by atoms with van der Waals surface area (Å²) in [4.78, 5) is 55.1. The van der Waals surface area contributed by atoms with Gasteiger partial charge in [0.1, 0.15) is 17.5 Å². The first-order chi connectivity index (χ1) is 20.2. The van der Waals surface area contributed by atoms with Crippen molar-refractivity contribution in [2.45, 2.75) is 90.6 Å². The molecule has 4 fully saturated rings. The van der Waals surface area contributed by atoms with Crippen molar-refractivity contribution in [2.75, 3.05) is 25.7 Å². The van der Waals surface area contributed by atoms with Crippen LogP contribution in [0.4, 0.5) is 0 Å². The van der Waals surface area contributed by atoms with Gasteiger partial charge < -0.3 is 19.9 Å². The van der Waals surface area contributed by atoms with Gasteiger partial charge in [0, 0.05) is 43.9 Å². The number of hydrogen-bond donors (Lipinski definition) is 2. The van der Waals surface area contributed by atoms with Crippen LogP contribution in [-0.2, 0) is 19.1 Å². The number of ketones is 1. The van der Waals surface area contributed by atoms with Crippen LogP contribution in [0.25, 0.3) is 0 Å². The van der Waals surface area contributed by atoms with E-state index in [0.29, 0.717) is 25.8 Å². The maximum absolute atomic E-state index is 13.9. The Bertz CT molecular complexity index is 1360. The fourth-order valence-electron chi connectivity index (χ4n) is 8.86. The number of aromatic nitrogens is 2. The Balaban J connectivity index is 1.50. The number of carbonyl (C=O) groups excluding carboxylic acids is 3. The third-order valence-electron chi connectivity index (χ3n) is 11.9. The average molecular weight is 599 g/mol. The van der Waals surface area contributed by atoms with E-state index < -0.39 is 46.0 Å². The molecule has 0 aromatic carbocycles. The molecule has 1 aromatic rings. The van der Waals surface area contributed by atoms with Crippen molar-refractivity contribution in [3.63, 3.8) is 0 Å². The van der Waals surface area contributed by atoms with Crippen LogP contribution in [0.5, 0.6) is 0 Å². The van der Waals surface area contributed by atoms with Gasteiger partial charge >= 0.3 is 11.5 Å². The van der Waals surface area contributed by atoms with E-state index >= 15 is 0 Å². The molecular formula is C32H46N4O7. The molecule has 2 unspecified atom stereocenters. The maximum Gasteiger partial charge on any atom is 0.344 e. The summed E-state index contributed by atoms with van der Waals surface area (Å²) in [6.07, 6.45) is 4.82. The number of nitrogens with zero attached hydrogens (tertiary/aromatic N) is 3. The Hall–Kier alpha value is -2.89. The largest absolute Gasteiger partial charge is 0.458 e. The topological polar surface area (TPSA) is 140 Å². The maximum atomic E-state index is 13.9. The number of nitrogens with one attached hydrogen (secondary N) is 1. The van der Waals surface area contributed by atoms with Gasteiger partial charge in [-0.2, -0.15) is 5.10 Å². The number of amides is 1. The van der Waals surface area contributed by atoms with Crippen LogP contribution in [-0.4, -0.2) is 77.7 Å². The molecule has 0 radical (unpaired) electrons. The summed E-state index contributed by atoms with van der Waals surface area (Å²) >= 11 is 0. The van der Waals surface area contributed by atoms with Gasteiger partial charge in [0.15, 0.2) is 0 Å². The SMILES string of the molecule is C=C[C@]1(C)C[C@@H](OC(=O)c2ccnn(N(C)C(=O)[C@@H]3C[C@@H](OC)CN3)c2=O)[C@]2(C)C(C)CC[C@]3(CCC(=O)C32)[C@@H](C)[C@@H]1O. The summed E-state index contributed by atoms with van der Waals surface area (Å²) in [5.41, 5.74) is -2.98. The van der Waals surface area contributed by atoms with Crippen molar-refractivity contribution in [2.24, 2.45) is 34.0 Å². The molecule has 1 amide bonds. The van der Waals surface area contributed by atoms with Crippen molar-refractivity contribution in [3.8, 4) is 0 Å². The Labute approximate surface area is 253 Å². The second-order valence-electron chi connectivity index (χ2n) is 13.8. The van der Waals surface area contributed by atoms with Crippen molar-refractivity contribution < 1.29 is 29.0 Å². The highest BCUT2D eigenvalue weighted by Gasteiger charge is 2.68. The third-order valence-corrected chi connectivity index (χ3v) is 11.9. The smallest absolute Gasteiger partial charge is 0.344 e. The predicted molar refractivity (Wildman–Crippen MR) is 159 cm³/mol. The standard InChI is InChI=1S/C32H46N4O7/c1-8-30(4)16-24(31(5)18(2)9-12-32(19(3)26(30)38)13-10-23(37)25(31)32)43-29(41)21-11-14-34-36(27(21)39)35(6)28(40)22-15-20(42-7)17-33-22/h8,11,14,18-20,22,24-26,33,38H,1,9-10,12-13,15-17H2,2-7H3/t18?,19-,20+,22-,24+,25?,26-,30+,31-,32-/m0/s1. The Kier molecular flexibility index (Phi) is 8.24. The summed E-state index contributed by atoms with van der Waals surface area (Å²) in [5, 5.41) is 20.0. The molecule has 2 heterocycles. The molecule has 11 heteroatoms. The normalized spacial score (nSPS) is 40.7. The molecule has 1 aromatic heterocycles. The van der Waals surface area contributed by atoms with E-state index in [0.717, 1.165) is 22.6 Å². The van der Waals surface area contributed by atoms with Crippen LogP contribution in [0.15, 0.2) is 29.7 Å². The zero-order chi connectivity index (χ0) is 31.5. The zero-order valence-electron chi connectivity index (χ0n) is 26.2. The van der Waals surface area contributed by atoms with Gasteiger partial charge in [-0.05, 0) is 55.4 Å². The second-order valence-corrected chi connectivity index (χ2v) is 13.8. The number of Topliss-reactive ketones (excluding diaryl/α,β-unsaturated/α-hetero) is 1. The van der Waals surface area contributed by atoms with Crippen LogP contribution in [0.2, 0.25) is 0 Å². The first kappa shape index (κ1) is 31.5. The number of esters is 1. The minimum Gasteiger partial charge on any atom is -0.458 e. The highest BCUT2D eigenvalue weighted by atomic mass is 16.5. The molecule has 0 spiro atoms. The molecular weight excluding hydrogens is 552 g/mol. The van der Waals surface area contributed by atoms with Gasteiger partial charge in [0.05, 0.1) is 24.4 Å². The van der Waals surface area contributed by atoms with E-state index in [9.17, 15) is 24.3 Å². The highest BCUT2D eigenvalue weighted by molar-refractivity contribution is 5.92. The van der Waals surface area contributed by atoms with Crippen molar-refractivity contribution in [1.82, 2.24) is 15.2 Å². The molecule has 3 saturated carbocycles. The zero-order valence-corrected chi connectivity index (χ0v) is 26.2. The molecule has 5 rings (SSSR count). The lowest BCUT2D eigenvalue weighted by Crippen LogP contribution is -2.63. The second kappa shape index (κ2) is 11.2. The number of methoxy groups -OCH3 is 1. The van der Waals surface area contributed by atoms with Gasteiger partial charge in [-0.3, -0.25) is 14.4 Å². The van der Waals surface area contributed by atoms with Gasteiger partial charge in [0.25, 0.3) is 5.91 Å². The number of aliphatic hydroxyl groups excluding tert-OH is 1. The monoisotopic (exact) mass is 598 g/mol. The Morgan fingerprint density at radius 3 is 2.63 bits per heavy atom. The molecule has 2 N–H and O–H groups in total. The Morgan fingerprint density at radius 2 is 1.98 bits per heavy atom. The molecule has 43 heavy (non-hydrogen) atoms. The summed E-state index contributed by atoms with van der Waals surface area (Å²) < 4.78 is 11.6. The lowest BCUT2D eigenvalue weighted by Gasteiger charge is -2.61. The van der Waals surface area contributed by atoms with Crippen molar-refractivity contribution in [3.05, 3.63) is 40.8 Å².